The van der Waals surface area contributed by atoms with Crippen LogP contribution < -0.4 is 10.9 Å². The highest BCUT2D eigenvalue weighted by Crippen LogP contribution is 2.13. The predicted molar refractivity (Wildman–Crippen MR) is 96.5 cm³/mol. The summed E-state index contributed by atoms with van der Waals surface area (Å²) in [6.07, 6.45) is 0. The van der Waals surface area contributed by atoms with E-state index in [1.807, 2.05) is 37.3 Å². The highest BCUT2D eigenvalue weighted by Gasteiger charge is 2.11. The van der Waals surface area contributed by atoms with E-state index in [0.717, 1.165) is 10.9 Å². The zero-order chi connectivity index (χ0) is 17.8. The predicted octanol–water partition coefficient (Wildman–Crippen LogP) is 2.49. The van der Waals surface area contributed by atoms with Gasteiger partial charge in [0.25, 0.3) is 5.56 Å². The van der Waals surface area contributed by atoms with E-state index in [1.54, 1.807) is 25.3 Å². The number of aromatic nitrogens is 2. The van der Waals surface area contributed by atoms with Crippen LogP contribution in [0.2, 0.25) is 0 Å². The first-order valence-electron chi connectivity index (χ1n) is 7.92. The Balaban J connectivity index is 1.82. The minimum absolute atomic E-state index is 0.140. The van der Waals surface area contributed by atoms with Gasteiger partial charge >= 0.3 is 0 Å². The van der Waals surface area contributed by atoms with Crippen molar-refractivity contribution in [3.8, 4) is 0 Å². The van der Waals surface area contributed by atoms with E-state index in [2.05, 4.69) is 10.4 Å². The number of amides is 1. The molecule has 3 rings (SSSR count). The molecule has 2 aromatic carbocycles. The molecule has 3 aromatic rings. The number of hydrogen-bond acceptors (Lipinski definition) is 4. The zero-order valence-electron chi connectivity index (χ0n) is 14.2. The molecule has 6 heteroatoms. The Hall–Kier alpha value is -2.99. The van der Waals surface area contributed by atoms with Gasteiger partial charge in [-0.15, -0.1) is 0 Å². The van der Waals surface area contributed by atoms with Crippen molar-refractivity contribution in [1.29, 1.82) is 0 Å². The molecule has 0 aliphatic carbocycles. The smallest absolute Gasteiger partial charge is 0.275 e. The van der Waals surface area contributed by atoms with E-state index in [-0.39, 0.29) is 18.0 Å². The van der Waals surface area contributed by atoms with Crippen molar-refractivity contribution in [1.82, 2.24) is 9.78 Å². The van der Waals surface area contributed by atoms with Gasteiger partial charge in [0.2, 0.25) is 5.91 Å². The first kappa shape index (κ1) is 16.9. The molecular weight excluding hydrogens is 318 g/mol. The number of fused-ring (bicyclic) bond motifs is 1. The molecule has 0 aliphatic rings. The summed E-state index contributed by atoms with van der Waals surface area (Å²) in [5.74, 6) is -0.307. The zero-order valence-corrected chi connectivity index (χ0v) is 14.2. The summed E-state index contributed by atoms with van der Waals surface area (Å²) in [6, 6.07) is 14.6. The van der Waals surface area contributed by atoms with Crippen LogP contribution in [0.1, 0.15) is 11.3 Å². The topological polar surface area (TPSA) is 73.2 Å². The van der Waals surface area contributed by atoms with Crippen molar-refractivity contribution in [3.63, 3.8) is 0 Å². The molecule has 0 saturated heterocycles. The van der Waals surface area contributed by atoms with Gasteiger partial charge in [-0.2, -0.15) is 5.10 Å². The summed E-state index contributed by atoms with van der Waals surface area (Å²) in [6.45, 7) is 2.15. The number of anilines is 1. The van der Waals surface area contributed by atoms with Crippen LogP contribution in [0.4, 0.5) is 5.69 Å². The lowest BCUT2D eigenvalue weighted by Gasteiger charge is -2.10. The average Bonchev–Trinajstić information content (AvgIpc) is 2.60. The van der Waals surface area contributed by atoms with Gasteiger partial charge in [-0.05, 0) is 30.7 Å². The van der Waals surface area contributed by atoms with Crippen molar-refractivity contribution in [2.24, 2.45) is 0 Å². The van der Waals surface area contributed by atoms with Crippen molar-refractivity contribution in [2.45, 2.75) is 20.1 Å². The number of nitrogens with zero attached hydrogens (tertiary/aromatic N) is 2. The van der Waals surface area contributed by atoms with E-state index in [1.165, 1.54) is 4.68 Å². The number of carbonyl (C=O) groups is 1. The molecule has 0 fully saturated rings. The quantitative estimate of drug-likeness (QED) is 0.776. The average molecular weight is 337 g/mol. The highest BCUT2D eigenvalue weighted by atomic mass is 16.5. The molecule has 6 nitrogen and oxygen atoms in total. The molecule has 1 N–H and O–H groups in total. The minimum atomic E-state index is -0.307. The molecule has 128 valence electrons. The van der Waals surface area contributed by atoms with Crippen LogP contribution in [0.25, 0.3) is 10.8 Å². The molecule has 0 aliphatic heterocycles. The molecule has 1 aromatic heterocycles. The van der Waals surface area contributed by atoms with Crippen LogP contribution in [0.15, 0.2) is 53.3 Å². The minimum Gasteiger partial charge on any atom is -0.380 e. The summed E-state index contributed by atoms with van der Waals surface area (Å²) in [5.41, 5.74) is 2.05. The maximum Gasteiger partial charge on any atom is 0.275 e. The van der Waals surface area contributed by atoms with Crippen LogP contribution in [-0.2, 0) is 22.7 Å². The van der Waals surface area contributed by atoms with Gasteiger partial charge in [0.15, 0.2) is 0 Å². The monoisotopic (exact) mass is 337 g/mol. The number of aryl methyl sites for hydroxylation is 1. The number of benzene rings is 2. The largest absolute Gasteiger partial charge is 0.380 e. The molecular formula is C19H19N3O3. The van der Waals surface area contributed by atoms with Crippen LogP contribution in [0.3, 0.4) is 0 Å². The van der Waals surface area contributed by atoms with Crippen LogP contribution in [0.5, 0.6) is 0 Å². The first-order valence-corrected chi connectivity index (χ1v) is 7.92. The fourth-order valence-corrected chi connectivity index (χ4v) is 2.75. The fourth-order valence-electron chi connectivity index (χ4n) is 2.75. The molecule has 0 radical (unpaired) electrons. The summed E-state index contributed by atoms with van der Waals surface area (Å²) in [4.78, 5) is 24.8. The van der Waals surface area contributed by atoms with Gasteiger partial charge in [0.1, 0.15) is 6.54 Å². The Labute approximate surface area is 145 Å². The second-order valence-electron chi connectivity index (χ2n) is 5.78. The summed E-state index contributed by atoms with van der Waals surface area (Å²) in [5, 5.41) is 8.40. The second kappa shape index (κ2) is 7.27. The van der Waals surface area contributed by atoms with E-state index in [9.17, 15) is 9.59 Å². The Bertz CT molecular complexity index is 979. The fraction of sp³-hybridized carbons (Fsp3) is 0.211. The molecule has 1 amide bonds. The Morgan fingerprint density at radius 1 is 1.16 bits per heavy atom. The van der Waals surface area contributed by atoms with Gasteiger partial charge in [0.05, 0.1) is 17.7 Å². The van der Waals surface area contributed by atoms with Gasteiger partial charge in [-0.3, -0.25) is 9.59 Å². The number of ether oxygens (including phenoxy) is 1. The Kier molecular flexibility index (Phi) is 4.90. The third kappa shape index (κ3) is 3.75. The molecule has 0 saturated carbocycles. The van der Waals surface area contributed by atoms with E-state index >= 15 is 0 Å². The normalized spacial score (nSPS) is 10.8. The van der Waals surface area contributed by atoms with Crippen molar-refractivity contribution in [3.05, 3.63) is 70.1 Å². The summed E-state index contributed by atoms with van der Waals surface area (Å²) < 4.78 is 6.29. The lowest BCUT2D eigenvalue weighted by atomic mass is 10.1. The maximum atomic E-state index is 12.5. The third-order valence-corrected chi connectivity index (χ3v) is 3.87. The van der Waals surface area contributed by atoms with Crippen LogP contribution in [0, 0.1) is 6.92 Å². The molecule has 0 unspecified atom stereocenters. The molecule has 0 atom stereocenters. The standard InChI is InChI=1S/C19H19N3O3/c1-13-16-8-3-4-9-17(16)19(24)22(21-13)11-18(23)20-15-7-5-6-14(10-15)12-25-2/h3-10H,11-12H2,1-2H3,(H,20,23). The van der Waals surface area contributed by atoms with Gasteiger partial charge in [-0.25, -0.2) is 4.68 Å². The molecule has 25 heavy (non-hydrogen) atoms. The van der Waals surface area contributed by atoms with Gasteiger partial charge < -0.3 is 10.1 Å². The summed E-state index contributed by atoms with van der Waals surface area (Å²) >= 11 is 0. The summed E-state index contributed by atoms with van der Waals surface area (Å²) in [7, 11) is 1.62. The molecule has 0 spiro atoms. The number of nitrogens with one attached hydrogen (secondary N) is 1. The number of methoxy groups -OCH3 is 1. The van der Waals surface area contributed by atoms with E-state index in [0.29, 0.717) is 23.4 Å². The molecule has 1 heterocycles. The highest BCUT2D eigenvalue weighted by molar-refractivity contribution is 5.91. The van der Waals surface area contributed by atoms with Crippen LogP contribution in [-0.4, -0.2) is 22.8 Å². The maximum absolute atomic E-state index is 12.5. The molecule has 0 bridgehead atoms. The Morgan fingerprint density at radius 3 is 2.68 bits per heavy atom. The Morgan fingerprint density at radius 2 is 1.92 bits per heavy atom. The third-order valence-electron chi connectivity index (χ3n) is 3.87. The van der Waals surface area contributed by atoms with Crippen molar-refractivity contribution >= 4 is 22.4 Å². The second-order valence-corrected chi connectivity index (χ2v) is 5.78. The van der Waals surface area contributed by atoms with Crippen molar-refractivity contribution in [2.75, 3.05) is 12.4 Å². The number of hydrogen-bond donors (Lipinski definition) is 1. The lowest BCUT2D eigenvalue weighted by molar-refractivity contribution is -0.117. The first-order chi connectivity index (χ1) is 12.1. The SMILES string of the molecule is COCc1cccc(NC(=O)Cn2nc(C)c3ccccc3c2=O)c1. The number of rotatable bonds is 5. The lowest BCUT2D eigenvalue weighted by Crippen LogP contribution is -2.30. The van der Waals surface area contributed by atoms with Gasteiger partial charge in [0, 0.05) is 18.2 Å². The van der Waals surface area contributed by atoms with Gasteiger partial charge in [-0.1, -0.05) is 30.3 Å². The van der Waals surface area contributed by atoms with Crippen LogP contribution >= 0.6 is 0 Å². The van der Waals surface area contributed by atoms with E-state index in [4.69, 9.17) is 4.74 Å². The van der Waals surface area contributed by atoms with E-state index < -0.39 is 0 Å². The number of carbonyl (C=O) groups excluding carboxylic acids is 1. The van der Waals surface area contributed by atoms with Crippen molar-refractivity contribution < 1.29 is 9.53 Å².